The Balaban J connectivity index is 2.13. The molecule has 0 radical (unpaired) electrons. The van der Waals surface area contributed by atoms with Gasteiger partial charge in [0.1, 0.15) is 0 Å². The van der Waals surface area contributed by atoms with E-state index in [1.165, 1.54) is 25.9 Å². The molecule has 0 atom stereocenters. The van der Waals surface area contributed by atoms with Crippen LogP contribution in [0.1, 0.15) is 12.8 Å². The first-order valence-electron chi connectivity index (χ1n) is 3.81. The molecule has 0 saturated carbocycles. The molecule has 0 bridgehead atoms. The maximum atomic E-state index is 3.40. The molecule has 1 saturated heterocycles. The monoisotopic (exact) mass is 206 g/mol. The van der Waals surface area contributed by atoms with E-state index in [1.54, 1.807) is 0 Å². The second kappa shape index (κ2) is 4.31. The van der Waals surface area contributed by atoms with E-state index >= 15 is 0 Å². The molecule has 0 spiro atoms. The third-order valence-corrected chi connectivity index (χ3v) is 2.41. The first kappa shape index (κ1) is 8.50. The van der Waals surface area contributed by atoms with Crippen LogP contribution >= 0.6 is 15.9 Å². The summed E-state index contributed by atoms with van der Waals surface area (Å²) < 4.78 is 0. The van der Waals surface area contributed by atoms with Gasteiger partial charge in [0.25, 0.3) is 0 Å². The molecule has 0 aromatic carbocycles. The summed E-state index contributed by atoms with van der Waals surface area (Å²) in [6, 6.07) is 0.746. The van der Waals surface area contributed by atoms with Crippen LogP contribution in [0.15, 0.2) is 0 Å². The van der Waals surface area contributed by atoms with Gasteiger partial charge in [-0.3, -0.25) is 0 Å². The van der Waals surface area contributed by atoms with Crippen molar-refractivity contribution in [2.45, 2.75) is 18.9 Å². The molecule has 10 heavy (non-hydrogen) atoms. The number of piperidine rings is 1. The Hall–Kier alpha value is 0.400. The molecule has 1 fully saturated rings. The summed E-state index contributed by atoms with van der Waals surface area (Å²) in [6.45, 7) is 2.48. The minimum absolute atomic E-state index is 0.746. The largest absolute Gasteiger partial charge is 0.306 e. The quantitative estimate of drug-likeness (QED) is 0.537. The topological polar surface area (TPSA) is 15.3 Å². The highest BCUT2D eigenvalue weighted by Crippen LogP contribution is 2.07. The molecular weight excluding hydrogens is 192 g/mol. The summed E-state index contributed by atoms with van der Waals surface area (Å²) in [5.74, 6) is 0. The average Bonchev–Trinajstić information content (AvgIpc) is 1.95. The van der Waals surface area contributed by atoms with Gasteiger partial charge >= 0.3 is 0 Å². The number of rotatable bonds is 2. The molecule has 1 heterocycles. The van der Waals surface area contributed by atoms with Crippen molar-refractivity contribution >= 4 is 15.9 Å². The van der Waals surface area contributed by atoms with E-state index in [-0.39, 0.29) is 0 Å². The summed E-state index contributed by atoms with van der Waals surface area (Å²) in [6.07, 6.45) is 2.59. The Bertz CT molecular complexity index is 89.6. The fraction of sp³-hybridized carbons (Fsp3) is 1.00. The van der Waals surface area contributed by atoms with Crippen LogP contribution in [-0.2, 0) is 0 Å². The Morgan fingerprint density at radius 1 is 1.50 bits per heavy atom. The Morgan fingerprint density at radius 3 is 2.60 bits per heavy atom. The number of hydrogen-bond acceptors (Lipinski definition) is 2. The molecule has 1 rings (SSSR count). The summed E-state index contributed by atoms with van der Waals surface area (Å²) in [5, 5.41) is 3.40. The molecular formula is C7H15BrN2. The van der Waals surface area contributed by atoms with Gasteiger partial charge in [0.15, 0.2) is 0 Å². The third-order valence-electron chi connectivity index (χ3n) is 2.08. The summed E-state index contributed by atoms with van der Waals surface area (Å²) in [7, 11) is 2.18. The summed E-state index contributed by atoms with van der Waals surface area (Å²) in [4.78, 5) is 2.38. The predicted molar refractivity (Wildman–Crippen MR) is 47.4 cm³/mol. The SMILES string of the molecule is CN1CCC(NCBr)CC1. The number of alkyl halides is 1. The van der Waals surface area contributed by atoms with Gasteiger partial charge in [-0.25, -0.2) is 0 Å². The van der Waals surface area contributed by atoms with Gasteiger partial charge in [-0.1, -0.05) is 15.9 Å². The van der Waals surface area contributed by atoms with Gasteiger partial charge in [0, 0.05) is 6.04 Å². The van der Waals surface area contributed by atoms with E-state index in [9.17, 15) is 0 Å². The number of nitrogens with zero attached hydrogens (tertiary/aromatic N) is 1. The maximum Gasteiger partial charge on any atom is 0.0519 e. The molecule has 2 nitrogen and oxygen atoms in total. The Kier molecular flexibility index (Phi) is 3.66. The number of halogens is 1. The van der Waals surface area contributed by atoms with E-state index < -0.39 is 0 Å². The zero-order valence-electron chi connectivity index (χ0n) is 6.44. The normalized spacial score (nSPS) is 23.4. The standard InChI is InChI=1S/C7H15BrN2/c1-10-4-2-7(3-5-10)9-6-8/h7,9H,2-6H2,1H3. The van der Waals surface area contributed by atoms with Gasteiger partial charge in [-0.2, -0.15) is 0 Å². The molecule has 60 valence electrons. The molecule has 3 heteroatoms. The fourth-order valence-electron chi connectivity index (χ4n) is 1.32. The molecule has 0 unspecified atom stereocenters. The lowest BCUT2D eigenvalue weighted by molar-refractivity contribution is 0.240. The van der Waals surface area contributed by atoms with Crippen LogP contribution in [0, 0.1) is 0 Å². The first-order chi connectivity index (χ1) is 4.83. The second-order valence-corrected chi connectivity index (χ2v) is 3.48. The summed E-state index contributed by atoms with van der Waals surface area (Å²) in [5.41, 5.74) is 0.932. The summed E-state index contributed by atoms with van der Waals surface area (Å²) >= 11 is 3.38. The van der Waals surface area contributed by atoms with Gasteiger partial charge in [0.2, 0.25) is 0 Å². The highest BCUT2D eigenvalue weighted by Gasteiger charge is 2.14. The van der Waals surface area contributed by atoms with Crippen LogP contribution in [0.4, 0.5) is 0 Å². The molecule has 0 aromatic heterocycles. The van der Waals surface area contributed by atoms with E-state index in [1.807, 2.05) is 0 Å². The van der Waals surface area contributed by atoms with Crippen molar-refractivity contribution in [1.82, 2.24) is 10.2 Å². The van der Waals surface area contributed by atoms with Gasteiger partial charge in [-0.15, -0.1) is 0 Å². The lowest BCUT2D eigenvalue weighted by atomic mass is 10.1. The van der Waals surface area contributed by atoms with Gasteiger partial charge in [-0.05, 0) is 33.0 Å². The van der Waals surface area contributed by atoms with E-state index in [4.69, 9.17) is 0 Å². The van der Waals surface area contributed by atoms with E-state index in [0.29, 0.717) is 0 Å². The zero-order valence-corrected chi connectivity index (χ0v) is 8.02. The Morgan fingerprint density at radius 2 is 2.10 bits per heavy atom. The smallest absolute Gasteiger partial charge is 0.0519 e. The van der Waals surface area contributed by atoms with Crippen LogP contribution in [-0.4, -0.2) is 36.5 Å². The highest BCUT2D eigenvalue weighted by atomic mass is 79.9. The molecule has 1 aliphatic rings. The maximum absolute atomic E-state index is 3.40. The van der Waals surface area contributed by atoms with Crippen molar-refractivity contribution in [3.05, 3.63) is 0 Å². The molecule has 0 aromatic rings. The zero-order chi connectivity index (χ0) is 7.40. The fourth-order valence-corrected chi connectivity index (χ4v) is 1.78. The highest BCUT2D eigenvalue weighted by molar-refractivity contribution is 9.09. The van der Waals surface area contributed by atoms with Crippen molar-refractivity contribution in [2.24, 2.45) is 0 Å². The van der Waals surface area contributed by atoms with E-state index in [0.717, 1.165) is 11.5 Å². The Labute approximate surface area is 71.1 Å². The number of hydrogen-bond donors (Lipinski definition) is 1. The van der Waals surface area contributed by atoms with Crippen molar-refractivity contribution < 1.29 is 0 Å². The predicted octanol–water partition coefficient (Wildman–Crippen LogP) is 1.02. The van der Waals surface area contributed by atoms with Crippen molar-refractivity contribution in [3.63, 3.8) is 0 Å². The van der Waals surface area contributed by atoms with Crippen LogP contribution in [0.3, 0.4) is 0 Å². The van der Waals surface area contributed by atoms with Crippen LogP contribution in [0.5, 0.6) is 0 Å². The molecule has 1 N–H and O–H groups in total. The average molecular weight is 207 g/mol. The van der Waals surface area contributed by atoms with Crippen molar-refractivity contribution in [3.8, 4) is 0 Å². The minimum atomic E-state index is 0.746. The van der Waals surface area contributed by atoms with Gasteiger partial charge in [0.05, 0.1) is 5.45 Å². The van der Waals surface area contributed by atoms with Gasteiger partial charge < -0.3 is 10.2 Å². The third kappa shape index (κ3) is 2.56. The van der Waals surface area contributed by atoms with Crippen molar-refractivity contribution in [1.29, 1.82) is 0 Å². The number of likely N-dealkylation sites (tertiary alicyclic amines) is 1. The second-order valence-electron chi connectivity index (χ2n) is 2.92. The molecule has 0 aliphatic carbocycles. The number of nitrogens with one attached hydrogen (secondary N) is 1. The van der Waals surface area contributed by atoms with Crippen LogP contribution < -0.4 is 5.32 Å². The van der Waals surface area contributed by atoms with Crippen LogP contribution in [0.25, 0.3) is 0 Å². The first-order valence-corrected chi connectivity index (χ1v) is 4.93. The van der Waals surface area contributed by atoms with E-state index in [2.05, 4.69) is 33.2 Å². The van der Waals surface area contributed by atoms with Crippen LogP contribution in [0.2, 0.25) is 0 Å². The lowest BCUT2D eigenvalue weighted by Crippen LogP contribution is -2.40. The molecule has 1 aliphatic heterocycles. The molecule has 0 amide bonds. The minimum Gasteiger partial charge on any atom is -0.306 e. The van der Waals surface area contributed by atoms with Crippen molar-refractivity contribution in [2.75, 3.05) is 25.6 Å². The lowest BCUT2D eigenvalue weighted by Gasteiger charge is -2.28.